The van der Waals surface area contributed by atoms with Crippen LogP contribution >= 0.6 is 11.6 Å². The van der Waals surface area contributed by atoms with E-state index in [1.54, 1.807) is 12.1 Å². The maximum absolute atomic E-state index is 13.7. The molecule has 1 rings (SSSR count). The monoisotopic (exact) mass is 273 g/mol. The van der Waals surface area contributed by atoms with Gasteiger partial charge in [-0.3, -0.25) is 0 Å². The highest BCUT2D eigenvalue weighted by atomic mass is 35.5. The van der Waals surface area contributed by atoms with Crippen molar-refractivity contribution in [3.05, 3.63) is 34.6 Å². The smallest absolute Gasteiger partial charge is 0.127 e. The van der Waals surface area contributed by atoms with Gasteiger partial charge in [-0.15, -0.1) is 0 Å². The van der Waals surface area contributed by atoms with Crippen LogP contribution in [0.4, 0.5) is 4.39 Å². The Morgan fingerprint density at radius 3 is 2.67 bits per heavy atom. The van der Waals surface area contributed by atoms with Crippen LogP contribution in [0.1, 0.15) is 26.3 Å². The second-order valence-electron chi connectivity index (χ2n) is 4.54. The number of benzene rings is 1. The van der Waals surface area contributed by atoms with E-state index in [9.17, 15) is 4.39 Å². The number of likely N-dealkylation sites (N-methyl/N-ethyl adjacent to an activating group) is 1. The van der Waals surface area contributed by atoms with Gasteiger partial charge in [-0.05, 0) is 38.9 Å². The van der Waals surface area contributed by atoms with Gasteiger partial charge in [0, 0.05) is 16.6 Å². The summed E-state index contributed by atoms with van der Waals surface area (Å²) in [6.07, 6.45) is 0.703. The lowest BCUT2D eigenvalue weighted by Crippen LogP contribution is -2.36. The molecule has 0 saturated heterocycles. The summed E-state index contributed by atoms with van der Waals surface area (Å²) in [7, 11) is 0. The molecular weight excluding hydrogens is 253 g/mol. The molecule has 4 heteroatoms. The maximum Gasteiger partial charge on any atom is 0.127 e. The van der Waals surface area contributed by atoms with Crippen LogP contribution in [0, 0.1) is 5.82 Å². The van der Waals surface area contributed by atoms with Gasteiger partial charge in [0.2, 0.25) is 0 Å². The van der Waals surface area contributed by atoms with E-state index in [1.807, 2.05) is 20.8 Å². The molecule has 0 radical (unpaired) electrons. The summed E-state index contributed by atoms with van der Waals surface area (Å²) in [5, 5.41) is 3.77. The van der Waals surface area contributed by atoms with Gasteiger partial charge in [0.1, 0.15) is 5.82 Å². The Morgan fingerprint density at radius 2 is 2.11 bits per heavy atom. The highest BCUT2D eigenvalue weighted by Crippen LogP contribution is 2.20. The number of halogens is 2. The van der Waals surface area contributed by atoms with Gasteiger partial charge in [0.25, 0.3) is 0 Å². The molecule has 0 fully saturated rings. The van der Waals surface area contributed by atoms with Gasteiger partial charge in [0.05, 0.1) is 12.7 Å². The van der Waals surface area contributed by atoms with Crippen LogP contribution in [0.2, 0.25) is 5.02 Å². The summed E-state index contributed by atoms with van der Waals surface area (Å²) in [5.41, 5.74) is 0.553. The van der Waals surface area contributed by atoms with Crippen molar-refractivity contribution in [2.75, 3.05) is 13.2 Å². The van der Waals surface area contributed by atoms with Gasteiger partial charge in [0.15, 0.2) is 0 Å². The normalized spacial score (nSPS) is 13.0. The molecule has 1 atom stereocenters. The SMILES string of the molecule is CCNC(COC(C)C)Cc1c(F)cccc1Cl. The van der Waals surface area contributed by atoms with E-state index < -0.39 is 0 Å². The third-order valence-electron chi connectivity index (χ3n) is 2.64. The van der Waals surface area contributed by atoms with Gasteiger partial charge in [-0.25, -0.2) is 4.39 Å². The molecule has 0 heterocycles. The molecule has 1 unspecified atom stereocenters. The predicted molar refractivity (Wildman–Crippen MR) is 73.7 cm³/mol. The Morgan fingerprint density at radius 1 is 1.39 bits per heavy atom. The second kappa shape index (κ2) is 7.72. The molecule has 102 valence electrons. The molecular formula is C14H21ClFNO. The quantitative estimate of drug-likeness (QED) is 0.822. The fraction of sp³-hybridized carbons (Fsp3) is 0.571. The molecule has 18 heavy (non-hydrogen) atoms. The average Bonchev–Trinajstić information content (AvgIpc) is 2.30. The Kier molecular flexibility index (Phi) is 6.61. The fourth-order valence-electron chi connectivity index (χ4n) is 1.76. The third-order valence-corrected chi connectivity index (χ3v) is 2.99. The zero-order valence-electron chi connectivity index (χ0n) is 11.2. The molecule has 0 amide bonds. The average molecular weight is 274 g/mol. The van der Waals surface area contributed by atoms with E-state index >= 15 is 0 Å². The van der Waals surface area contributed by atoms with Gasteiger partial charge < -0.3 is 10.1 Å². The molecule has 1 aromatic carbocycles. The molecule has 0 aliphatic heterocycles. The van der Waals surface area contributed by atoms with E-state index in [4.69, 9.17) is 16.3 Å². The van der Waals surface area contributed by atoms with Crippen LogP contribution in [0.3, 0.4) is 0 Å². The van der Waals surface area contributed by atoms with Crippen molar-refractivity contribution < 1.29 is 9.13 Å². The number of hydrogen-bond acceptors (Lipinski definition) is 2. The predicted octanol–water partition coefficient (Wildman–Crippen LogP) is 3.42. The zero-order chi connectivity index (χ0) is 13.5. The molecule has 2 nitrogen and oxygen atoms in total. The van der Waals surface area contributed by atoms with Crippen molar-refractivity contribution in [2.45, 2.75) is 39.3 Å². The van der Waals surface area contributed by atoms with Crippen LogP contribution in [-0.4, -0.2) is 25.3 Å². The van der Waals surface area contributed by atoms with Crippen molar-refractivity contribution in [1.82, 2.24) is 5.32 Å². The molecule has 1 N–H and O–H groups in total. The summed E-state index contributed by atoms with van der Waals surface area (Å²) in [5.74, 6) is -0.255. The highest BCUT2D eigenvalue weighted by Gasteiger charge is 2.15. The Hall–Kier alpha value is -0.640. The van der Waals surface area contributed by atoms with Gasteiger partial charge >= 0.3 is 0 Å². The summed E-state index contributed by atoms with van der Waals surface area (Å²) in [6.45, 7) is 7.36. The van der Waals surface area contributed by atoms with Crippen molar-refractivity contribution in [1.29, 1.82) is 0 Å². The van der Waals surface area contributed by atoms with Crippen molar-refractivity contribution in [3.63, 3.8) is 0 Å². The first-order valence-electron chi connectivity index (χ1n) is 6.32. The maximum atomic E-state index is 13.7. The topological polar surface area (TPSA) is 21.3 Å². The lowest BCUT2D eigenvalue weighted by Gasteiger charge is -2.20. The van der Waals surface area contributed by atoms with Gasteiger partial charge in [-0.1, -0.05) is 24.6 Å². The first-order chi connectivity index (χ1) is 8.54. The zero-order valence-corrected chi connectivity index (χ0v) is 11.9. The first-order valence-corrected chi connectivity index (χ1v) is 6.70. The number of hydrogen-bond donors (Lipinski definition) is 1. The Balaban J connectivity index is 2.70. The fourth-order valence-corrected chi connectivity index (χ4v) is 2.00. The minimum absolute atomic E-state index is 0.0757. The van der Waals surface area contributed by atoms with Crippen LogP contribution in [0.5, 0.6) is 0 Å². The van der Waals surface area contributed by atoms with Crippen molar-refractivity contribution in [2.24, 2.45) is 0 Å². The lowest BCUT2D eigenvalue weighted by atomic mass is 10.1. The Bertz CT molecular complexity index is 351. The molecule has 0 aromatic heterocycles. The standard InChI is InChI=1S/C14H21ClFNO/c1-4-17-11(9-18-10(2)3)8-12-13(15)6-5-7-14(12)16/h5-7,10-11,17H,4,8-9H2,1-3H3. The minimum atomic E-state index is -0.255. The van der Waals surface area contributed by atoms with E-state index in [0.29, 0.717) is 23.6 Å². The van der Waals surface area contributed by atoms with Crippen molar-refractivity contribution in [3.8, 4) is 0 Å². The van der Waals surface area contributed by atoms with Crippen molar-refractivity contribution >= 4 is 11.6 Å². The molecule has 0 spiro atoms. The van der Waals surface area contributed by atoms with Crippen LogP contribution in [0.15, 0.2) is 18.2 Å². The van der Waals surface area contributed by atoms with E-state index in [1.165, 1.54) is 6.07 Å². The number of ether oxygens (including phenoxy) is 1. The summed E-state index contributed by atoms with van der Waals surface area (Å²) < 4.78 is 19.3. The minimum Gasteiger partial charge on any atom is -0.377 e. The Labute approximate surface area is 113 Å². The molecule has 0 aliphatic rings. The summed E-state index contributed by atoms with van der Waals surface area (Å²) in [4.78, 5) is 0. The third kappa shape index (κ3) is 4.92. The summed E-state index contributed by atoms with van der Waals surface area (Å²) >= 11 is 6.03. The molecule has 0 saturated carbocycles. The number of rotatable bonds is 7. The van der Waals surface area contributed by atoms with Crippen LogP contribution in [0.25, 0.3) is 0 Å². The molecule has 1 aromatic rings. The van der Waals surface area contributed by atoms with Crippen LogP contribution in [-0.2, 0) is 11.2 Å². The second-order valence-corrected chi connectivity index (χ2v) is 4.95. The van der Waals surface area contributed by atoms with Crippen LogP contribution < -0.4 is 5.32 Å². The molecule has 0 bridgehead atoms. The summed E-state index contributed by atoms with van der Waals surface area (Å²) in [6, 6.07) is 4.85. The molecule has 0 aliphatic carbocycles. The van der Waals surface area contributed by atoms with Gasteiger partial charge in [-0.2, -0.15) is 0 Å². The van der Waals surface area contributed by atoms with E-state index in [-0.39, 0.29) is 18.0 Å². The van der Waals surface area contributed by atoms with E-state index in [0.717, 1.165) is 6.54 Å². The lowest BCUT2D eigenvalue weighted by molar-refractivity contribution is 0.0614. The van der Waals surface area contributed by atoms with E-state index in [2.05, 4.69) is 5.32 Å². The largest absolute Gasteiger partial charge is 0.377 e. The number of nitrogens with one attached hydrogen (secondary N) is 1. The first kappa shape index (κ1) is 15.4. The highest BCUT2D eigenvalue weighted by molar-refractivity contribution is 6.31.